The van der Waals surface area contributed by atoms with E-state index in [1.54, 1.807) is 6.07 Å². The van der Waals surface area contributed by atoms with Crippen LogP contribution in [0.25, 0.3) is 16.9 Å². The van der Waals surface area contributed by atoms with Crippen molar-refractivity contribution in [2.45, 2.75) is 33.2 Å². The molecule has 0 fully saturated rings. The molecule has 2 aromatic heterocycles. The van der Waals surface area contributed by atoms with Crippen LogP contribution in [0.3, 0.4) is 0 Å². The zero-order valence-corrected chi connectivity index (χ0v) is 12.9. The third-order valence-corrected chi connectivity index (χ3v) is 3.85. The number of nitrogens with zero attached hydrogens (tertiary/aromatic N) is 4. The van der Waals surface area contributed by atoms with Crippen LogP contribution in [-0.2, 0) is 12.4 Å². The second kappa shape index (κ2) is 5.15. The molecule has 0 unspecified atom stereocenters. The van der Waals surface area contributed by atoms with Crippen molar-refractivity contribution in [3.05, 3.63) is 41.1 Å². The number of benzene rings is 1. The molecule has 0 aliphatic rings. The molecule has 6 heteroatoms. The van der Waals surface area contributed by atoms with Gasteiger partial charge in [0.25, 0.3) is 0 Å². The van der Waals surface area contributed by atoms with Gasteiger partial charge in [-0.25, -0.2) is 14.1 Å². The van der Waals surface area contributed by atoms with Gasteiger partial charge in [0, 0.05) is 6.54 Å². The molecule has 0 atom stereocenters. The standard InChI is InChI=1S/C15H16ClFN4/c1-4-20-15-14(10(3)19-20)18-13(8-16)21(15)12-7-11(17)6-5-9(12)2/h5-7H,4,8H2,1-3H3. The van der Waals surface area contributed by atoms with E-state index in [0.29, 0.717) is 12.4 Å². The minimum atomic E-state index is -0.280. The van der Waals surface area contributed by atoms with Crippen molar-refractivity contribution >= 4 is 22.8 Å². The van der Waals surface area contributed by atoms with Crippen molar-refractivity contribution in [1.82, 2.24) is 19.3 Å². The van der Waals surface area contributed by atoms with Crippen LogP contribution in [-0.4, -0.2) is 19.3 Å². The Labute approximate surface area is 127 Å². The van der Waals surface area contributed by atoms with E-state index in [1.165, 1.54) is 12.1 Å². The zero-order valence-electron chi connectivity index (χ0n) is 12.2. The molecular weight excluding hydrogens is 291 g/mol. The molecule has 0 N–H and O–H groups in total. The summed E-state index contributed by atoms with van der Waals surface area (Å²) in [6.07, 6.45) is 0. The van der Waals surface area contributed by atoms with Crippen LogP contribution in [0, 0.1) is 19.7 Å². The van der Waals surface area contributed by atoms with Crippen LogP contribution >= 0.6 is 11.6 Å². The van der Waals surface area contributed by atoms with Crippen molar-refractivity contribution in [2.24, 2.45) is 0 Å². The summed E-state index contributed by atoms with van der Waals surface area (Å²) in [5.41, 5.74) is 4.24. The molecule has 0 saturated heterocycles. The van der Waals surface area contributed by atoms with Crippen LogP contribution in [0.2, 0.25) is 0 Å². The summed E-state index contributed by atoms with van der Waals surface area (Å²) in [5, 5.41) is 4.48. The van der Waals surface area contributed by atoms with E-state index in [2.05, 4.69) is 10.1 Å². The molecule has 2 heterocycles. The summed E-state index contributed by atoms with van der Waals surface area (Å²) >= 11 is 6.04. The number of aromatic nitrogens is 4. The van der Waals surface area contributed by atoms with Crippen molar-refractivity contribution in [2.75, 3.05) is 0 Å². The number of alkyl halides is 1. The smallest absolute Gasteiger partial charge is 0.163 e. The Balaban J connectivity index is 2.42. The molecule has 3 aromatic rings. The van der Waals surface area contributed by atoms with Gasteiger partial charge in [-0.15, -0.1) is 11.6 Å². The fraction of sp³-hybridized carbons (Fsp3) is 0.333. The van der Waals surface area contributed by atoms with Crippen molar-refractivity contribution < 1.29 is 4.39 Å². The summed E-state index contributed by atoms with van der Waals surface area (Å²) in [7, 11) is 0. The van der Waals surface area contributed by atoms with Crippen LogP contribution in [0.4, 0.5) is 4.39 Å². The maximum absolute atomic E-state index is 13.7. The molecule has 0 spiro atoms. The highest BCUT2D eigenvalue weighted by atomic mass is 35.5. The zero-order chi connectivity index (χ0) is 15.1. The predicted molar refractivity (Wildman–Crippen MR) is 81.5 cm³/mol. The maximum Gasteiger partial charge on any atom is 0.163 e. The third-order valence-electron chi connectivity index (χ3n) is 3.61. The second-order valence-corrected chi connectivity index (χ2v) is 5.27. The molecule has 0 aliphatic heterocycles. The van der Waals surface area contributed by atoms with Crippen LogP contribution in [0.5, 0.6) is 0 Å². The van der Waals surface area contributed by atoms with Gasteiger partial charge < -0.3 is 0 Å². The summed E-state index contributed by atoms with van der Waals surface area (Å²) in [5.74, 6) is 0.675. The Hall–Kier alpha value is -1.88. The minimum Gasteiger partial charge on any atom is -0.280 e. The van der Waals surface area contributed by atoms with Gasteiger partial charge in [0.05, 0.1) is 17.3 Å². The first-order valence-electron chi connectivity index (χ1n) is 6.84. The van der Waals surface area contributed by atoms with Gasteiger partial charge in [-0.3, -0.25) is 4.57 Å². The summed E-state index contributed by atoms with van der Waals surface area (Å²) in [6, 6.07) is 4.72. The molecule has 0 amide bonds. The van der Waals surface area contributed by atoms with E-state index < -0.39 is 0 Å². The predicted octanol–water partition coefficient (Wildman–Crippen LogP) is 3.74. The molecule has 21 heavy (non-hydrogen) atoms. The fourth-order valence-electron chi connectivity index (χ4n) is 2.60. The molecule has 110 valence electrons. The topological polar surface area (TPSA) is 35.6 Å². The highest BCUT2D eigenvalue weighted by molar-refractivity contribution is 6.17. The first kappa shape index (κ1) is 14.1. The first-order chi connectivity index (χ1) is 10.1. The average molecular weight is 307 g/mol. The molecule has 0 saturated carbocycles. The van der Waals surface area contributed by atoms with E-state index in [-0.39, 0.29) is 11.7 Å². The Morgan fingerprint density at radius 3 is 2.71 bits per heavy atom. The van der Waals surface area contributed by atoms with Gasteiger partial charge in [-0.2, -0.15) is 5.10 Å². The molecule has 0 radical (unpaired) electrons. The molecule has 1 aromatic carbocycles. The second-order valence-electron chi connectivity index (χ2n) is 5.00. The molecular formula is C15H16ClFN4. The minimum absolute atomic E-state index is 0.258. The average Bonchev–Trinajstić information content (AvgIpc) is 2.99. The molecule has 0 aliphatic carbocycles. The number of hydrogen-bond acceptors (Lipinski definition) is 2. The van der Waals surface area contributed by atoms with E-state index >= 15 is 0 Å². The number of halogens is 2. The highest BCUT2D eigenvalue weighted by Crippen LogP contribution is 2.27. The van der Waals surface area contributed by atoms with Crippen LogP contribution < -0.4 is 0 Å². The van der Waals surface area contributed by atoms with Gasteiger partial charge in [0.1, 0.15) is 17.2 Å². The van der Waals surface area contributed by atoms with Gasteiger partial charge in [0.2, 0.25) is 0 Å². The van der Waals surface area contributed by atoms with Crippen LogP contribution in [0.15, 0.2) is 18.2 Å². The normalized spacial score (nSPS) is 11.5. The quantitative estimate of drug-likeness (QED) is 0.691. The Morgan fingerprint density at radius 2 is 2.05 bits per heavy atom. The largest absolute Gasteiger partial charge is 0.280 e. The van der Waals surface area contributed by atoms with Crippen LogP contribution in [0.1, 0.15) is 24.0 Å². The third kappa shape index (κ3) is 2.12. The lowest BCUT2D eigenvalue weighted by atomic mass is 10.2. The number of hydrogen-bond donors (Lipinski definition) is 0. The summed E-state index contributed by atoms with van der Waals surface area (Å²) in [4.78, 5) is 4.57. The number of fused-ring (bicyclic) bond motifs is 1. The van der Waals surface area contributed by atoms with Gasteiger partial charge >= 0.3 is 0 Å². The fourth-order valence-corrected chi connectivity index (χ4v) is 2.78. The van der Waals surface area contributed by atoms with E-state index in [9.17, 15) is 4.39 Å². The SMILES string of the molecule is CCn1nc(C)c2nc(CCl)n(-c3cc(F)ccc3C)c21. The first-order valence-corrected chi connectivity index (χ1v) is 7.37. The lowest BCUT2D eigenvalue weighted by Gasteiger charge is -2.12. The number of aryl methyl sites for hydroxylation is 3. The van der Waals surface area contributed by atoms with Crippen molar-refractivity contribution in [1.29, 1.82) is 0 Å². The molecule has 4 nitrogen and oxygen atoms in total. The Morgan fingerprint density at radius 1 is 1.29 bits per heavy atom. The lowest BCUT2D eigenvalue weighted by molar-refractivity contribution is 0.624. The maximum atomic E-state index is 13.7. The number of rotatable bonds is 3. The number of imidazole rings is 1. The van der Waals surface area contributed by atoms with E-state index in [4.69, 9.17) is 11.6 Å². The lowest BCUT2D eigenvalue weighted by Crippen LogP contribution is -2.07. The monoisotopic (exact) mass is 306 g/mol. The van der Waals surface area contributed by atoms with Gasteiger partial charge in [-0.05, 0) is 38.5 Å². The Bertz CT molecular complexity index is 819. The summed E-state index contributed by atoms with van der Waals surface area (Å²) < 4.78 is 17.5. The van der Waals surface area contributed by atoms with E-state index in [0.717, 1.165) is 28.1 Å². The van der Waals surface area contributed by atoms with Gasteiger partial charge in [0.15, 0.2) is 5.65 Å². The molecule has 3 rings (SSSR count). The molecule has 0 bridgehead atoms. The highest BCUT2D eigenvalue weighted by Gasteiger charge is 2.20. The van der Waals surface area contributed by atoms with E-state index in [1.807, 2.05) is 30.0 Å². The Kier molecular flexibility index (Phi) is 3.45. The van der Waals surface area contributed by atoms with Crippen molar-refractivity contribution in [3.8, 4) is 5.69 Å². The summed E-state index contributed by atoms with van der Waals surface area (Å²) in [6.45, 7) is 6.59. The van der Waals surface area contributed by atoms with Gasteiger partial charge in [-0.1, -0.05) is 6.07 Å². The van der Waals surface area contributed by atoms with Crippen molar-refractivity contribution in [3.63, 3.8) is 0 Å².